The highest BCUT2D eigenvalue weighted by Gasteiger charge is 2.81. The van der Waals surface area contributed by atoms with E-state index < -0.39 is 11.6 Å². The van der Waals surface area contributed by atoms with Crippen molar-refractivity contribution in [3.63, 3.8) is 0 Å². The number of hydrogen-bond acceptors (Lipinski definition) is 6. The minimum absolute atomic E-state index is 0.145. The molecule has 6 heteroatoms. The van der Waals surface area contributed by atoms with Crippen LogP contribution in [-0.2, 0) is 23.7 Å². The van der Waals surface area contributed by atoms with Crippen molar-refractivity contribution in [1.82, 2.24) is 0 Å². The molecule has 0 unspecified atom stereocenters. The molecule has 6 nitrogen and oxygen atoms in total. The number of epoxide rings is 1. The molecule has 0 amide bonds. The summed E-state index contributed by atoms with van der Waals surface area (Å²) < 4.78 is 38.5. The van der Waals surface area contributed by atoms with Gasteiger partial charge in [-0.3, -0.25) is 0 Å². The van der Waals surface area contributed by atoms with E-state index in [-0.39, 0.29) is 11.0 Å². The maximum absolute atomic E-state index is 6.68. The molecular weight excluding hydrogens is 444 g/mol. The van der Waals surface area contributed by atoms with Crippen molar-refractivity contribution in [2.24, 2.45) is 29.1 Å². The molecule has 1 spiro atoms. The van der Waals surface area contributed by atoms with Crippen LogP contribution in [-0.4, -0.2) is 56.8 Å². The summed E-state index contributed by atoms with van der Waals surface area (Å²) in [5, 5.41) is 0. The first kappa shape index (κ1) is 21.9. The first-order chi connectivity index (χ1) is 17.1. The lowest BCUT2D eigenvalue weighted by Gasteiger charge is -2.61. The van der Waals surface area contributed by atoms with Gasteiger partial charge in [0.05, 0.1) is 45.2 Å². The van der Waals surface area contributed by atoms with Crippen LogP contribution in [0.5, 0.6) is 5.75 Å². The Morgan fingerprint density at radius 2 is 1.63 bits per heavy atom. The van der Waals surface area contributed by atoms with Crippen LogP contribution >= 0.6 is 0 Å². The van der Waals surface area contributed by atoms with Crippen molar-refractivity contribution >= 4 is 0 Å². The fraction of sp³-hybridized carbons (Fsp3) is 0.793. The van der Waals surface area contributed by atoms with Gasteiger partial charge in [-0.1, -0.05) is 31.9 Å². The fourth-order valence-corrected chi connectivity index (χ4v) is 10.2. The third-order valence-corrected chi connectivity index (χ3v) is 11.4. The standard InChI is InChI=1S/C29H38O6/c1-26-16-21(18-6-8-19(30-2)9-7-18)25-20(15-24-27(35-24)10-4-3-5-22(25)27)23(26)17-28-29(26,33-13-11-31-28)34-14-12-32-28/h6-9,20-25H,3-5,10-17H2,1-2H3/t20-,21+,22+,23-,24-,25+,26-,27+,28?,29?/m0/s1. The van der Waals surface area contributed by atoms with Crippen LogP contribution < -0.4 is 4.74 Å². The Hall–Kier alpha value is -1.18. The van der Waals surface area contributed by atoms with E-state index in [1.165, 1.54) is 31.2 Å². The SMILES string of the molecule is COc1ccc([C@H]2C[C@@]3(C)[C@@H](CC45OCCOC43OCCO5)[C@@H]3C[C@@H]4O[C@@]45CCCC[C@@H]5[C@H]32)cc1. The first-order valence-corrected chi connectivity index (χ1v) is 13.9. The summed E-state index contributed by atoms with van der Waals surface area (Å²) in [6, 6.07) is 8.87. The summed E-state index contributed by atoms with van der Waals surface area (Å²) in [4.78, 5) is 0. The van der Waals surface area contributed by atoms with Gasteiger partial charge in [-0.05, 0) is 73.0 Å². The third kappa shape index (κ3) is 2.58. The zero-order valence-corrected chi connectivity index (χ0v) is 21.0. The Bertz CT molecular complexity index is 997. The number of rotatable bonds is 2. The smallest absolute Gasteiger partial charge is 0.229 e. The average molecular weight is 483 g/mol. The van der Waals surface area contributed by atoms with Crippen molar-refractivity contribution in [2.75, 3.05) is 33.5 Å². The second-order valence-corrected chi connectivity index (χ2v) is 12.5. The van der Waals surface area contributed by atoms with E-state index in [9.17, 15) is 0 Å². The van der Waals surface area contributed by atoms with Crippen molar-refractivity contribution in [3.05, 3.63) is 29.8 Å². The number of hydrogen-bond donors (Lipinski definition) is 0. The van der Waals surface area contributed by atoms with Gasteiger partial charge in [-0.2, -0.15) is 0 Å². The molecule has 8 rings (SSSR count). The molecule has 0 bridgehead atoms. The van der Waals surface area contributed by atoms with Gasteiger partial charge in [0.2, 0.25) is 11.6 Å². The quantitative estimate of drug-likeness (QED) is 0.572. The fourth-order valence-electron chi connectivity index (χ4n) is 10.2. The van der Waals surface area contributed by atoms with Crippen LogP contribution in [0.25, 0.3) is 0 Å². The van der Waals surface area contributed by atoms with E-state index >= 15 is 0 Å². The molecule has 3 aliphatic heterocycles. The molecule has 4 saturated carbocycles. The normalized spacial score (nSPS) is 53.8. The topological polar surface area (TPSA) is 58.7 Å². The van der Waals surface area contributed by atoms with Gasteiger partial charge >= 0.3 is 0 Å². The summed E-state index contributed by atoms with van der Waals surface area (Å²) in [6.45, 7) is 4.69. The molecule has 190 valence electrons. The monoisotopic (exact) mass is 482 g/mol. The van der Waals surface area contributed by atoms with E-state index in [0.29, 0.717) is 62.1 Å². The molecule has 0 N–H and O–H groups in total. The van der Waals surface area contributed by atoms with Crippen LogP contribution in [0.3, 0.4) is 0 Å². The minimum Gasteiger partial charge on any atom is -0.497 e. The molecule has 0 radical (unpaired) electrons. The molecule has 8 atom stereocenters. The van der Waals surface area contributed by atoms with E-state index in [0.717, 1.165) is 25.0 Å². The van der Waals surface area contributed by atoms with Crippen molar-refractivity contribution < 1.29 is 28.4 Å². The average Bonchev–Trinajstić information content (AvgIpc) is 3.54. The molecule has 1 aromatic rings. The van der Waals surface area contributed by atoms with Gasteiger partial charge < -0.3 is 28.4 Å². The Morgan fingerprint density at radius 3 is 2.37 bits per heavy atom. The van der Waals surface area contributed by atoms with Crippen molar-refractivity contribution in [2.45, 2.75) is 81.1 Å². The molecule has 3 saturated heterocycles. The highest BCUT2D eigenvalue weighted by atomic mass is 16.8. The molecule has 35 heavy (non-hydrogen) atoms. The summed E-state index contributed by atoms with van der Waals surface area (Å²) in [7, 11) is 1.74. The van der Waals surface area contributed by atoms with Gasteiger partial charge in [-0.15, -0.1) is 0 Å². The summed E-state index contributed by atoms with van der Waals surface area (Å²) in [5.74, 6) is 1.97. The van der Waals surface area contributed by atoms with Crippen LogP contribution in [0.15, 0.2) is 24.3 Å². The summed E-state index contributed by atoms with van der Waals surface area (Å²) in [6.07, 6.45) is 8.66. The highest BCUT2D eigenvalue weighted by Crippen LogP contribution is 2.75. The predicted octanol–water partition coefficient (Wildman–Crippen LogP) is 4.66. The maximum atomic E-state index is 6.68. The summed E-state index contributed by atoms with van der Waals surface area (Å²) >= 11 is 0. The maximum Gasteiger partial charge on any atom is 0.229 e. The second kappa shape index (κ2) is 7.22. The number of ether oxygens (including phenoxy) is 6. The Kier molecular flexibility index (Phi) is 4.51. The van der Waals surface area contributed by atoms with E-state index in [1.54, 1.807) is 7.11 Å². The molecule has 3 heterocycles. The first-order valence-electron chi connectivity index (χ1n) is 13.9. The van der Waals surface area contributed by atoms with Gasteiger partial charge in [-0.25, -0.2) is 0 Å². The molecule has 1 aromatic carbocycles. The van der Waals surface area contributed by atoms with E-state index in [2.05, 4.69) is 31.2 Å². The van der Waals surface area contributed by atoms with Crippen molar-refractivity contribution in [1.29, 1.82) is 0 Å². The zero-order chi connectivity index (χ0) is 23.5. The molecule has 7 aliphatic rings. The van der Waals surface area contributed by atoms with Crippen LogP contribution in [0.1, 0.15) is 63.4 Å². The Labute approximate surface area is 207 Å². The molecule has 0 aromatic heterocycles. The lowest BCUT2D eigenvalue weighted by atomic mass is 9.46. The van der Waals surface area contributed by atoms with E-state index in [4.69, 9.17) is 28.4 Å². The molecule has 4 aliphatic carbocycles. The van der Waals surface area contributed by atoms with Crippen LogP contribution in [0.2, 0.25) is 0 Å². The zero-order valence-electron chi connectivity index (χ0n) is 21.0. The van der Waals surface area contributed by atoms with E-state index in [1.807, 2.05) is 0 Å². The molecule has 7 fully saturated rings. The number of benzene rings is 1. The van der Waals surface area contributed by atoms with Gasteiger partial charge in [0.25, 0.3) is 0 Å². The molecular formula is C29H38O6. The van der Waals surface area contributed by atoms with Crippen LogP contribution in [0, 0.1) is 29.1 Å². The minimum atomic E-state index is -0.831. The Balaban J connectivity index is 1.28. The third-order valence-electron chi connectivity index (χ3n) is 11.4. The van der Waals surface area contributed by atoms with Gasteiger partial charge in [0.1, 0.15) is 5.75 Å². The number of methoxy groups -OCH3 is 1. The highest BCUT2D eigenvalue weighted by molar-refractivity contribution is 5.34. The predicted molar refractivity (Wildman–Crippen MR) is 127 cm³/mol. The van der Waals surface area contributed by atoms with Gasteiger partial charge in [0.15, 0.2) is 0 Å². The lowest BCUT2D eigenvalue weighted by Crippen LogP contribution is -2.70. The summed E-state index contributed by atoms with van der Waals surface area (Å²) in [5.41, 5.74) is 1.37. The van der Waals surface area contributed by atoms with Gasteiger partial charge in [0, 0.05) is 11.8 Å². The Morgan fingerprint density at radius 1 is 0.886 bits per heavy atom. The lowest BCUT2D eigenvalue weighted by molar-refractivity contribution is -0.474. The van der Waals surface area contributed by atoms with Crippen LogP contribution in [0.4, 0.5) is 0 Å². The number of fused-ring (bicyclic) bond motifs is 4. The second-order valence-electron chi connectivity index (χ2n) is 12.5. The largest absolute Gasteiger partial charge is 0.497 e. The van der Waals surface area contributed by atoms with Crippen molar-refractivity contribution in [3.8, 4) is 5.75 Å².